The highest BCUT2D eigenvalue weighted by Gasteiger charge is 2.21. The van der Waals surface area contributed by atoms with Gasteiger partial charge in [-0.1, -0.05) is 12.1 Å². The Morgan fingerprint density at radius 2 is 2.00 bits per heavy atom. The van der Waals surface area contributed by atoms with E-state index >= 15 is 0 Å². The Morgan fingerprint density at radius 1 is 1.13 bits per heavy atom. The molecule has 5 nitrogen and oxygen atoms in total. The third-order valence-electron chi connectivity index (χ3n) is 6.67. The highest BCUT2D eigenvalue weighted by atomic mass is 16.1. The summed E-state index contributed by atoms with van der Waals surface area (Å²) in [5.74, 6) is 0. The van der Waals surface area contributed by atoms with Crippen molar-refractivity contribution in [2.45, 2.75) is 64.8 Å². The van der Waals surface area contributed by atoms with Crippen LogP contribution < -0.4 is 16.2 Å². The number of hydrogen-bond donors (Lipinski definition) is 3. The van der Waals surface area contributed by atoms with Crippen molar-refractivity contribution in [1.29, 1.82) is 0 Å². The number of rotatable bonds is 4. The monoisotopic (exact) mass is 402 g/mol. The number of fused-ring (bicyclic) bond motifs is 3. The van der Waals surface area contributed by atoms with E-state index in [1.54, 1.807) is 6.07 Å². The van der Waals surface area contributed by atoms with Crippen LogP contribution in [0.25, 0.3) is 10.9 Å². The Hall–Kier alpha value is -2.66. The SMILES string of the molecule is Cc1cc(C)c2c(NCNC3CCc4[nH]c(=O)ccc4C3)c3c(nc2c1)CCCC3. The molecule has 0 amide bonds. The van der Waals surface area contributed by atoms with Gasteiger partial charge in [-0.3, -0.25) is 15.1 Å². The maximum absolute atomic E-state index is 11.5. The molecule has 0 spiro atoms. The van der Waals surface area contributed by atoms with Crippen LogP contribution in [0.2, 0.25) is 0 Å². The Morgan fingerprint density at radius 3 is 2.90 bits per heavy atom. The molecule has 2 aliphatic rings. The predicted octanol–water partition coefficient (Wildman–Crippen LogP) is 3.94. The number of aromatic amines is 1. The minimum atomic E-state index is 0.00164. The zero-order valence-electron chi connectivity index (χ0n) is 17.9. The van der Waals surface area contributed by atoms with E-state index in [4.69, 9.17) is 4.98 Å². The van der Waals surface area contributed by atoms with Gasteiger partial charge in [0, 0.05) is 34.6 Å². The van der Waals surface area contributed by atoms with Gasteiger partial charge in [0.2, 0.25) is 5.56 Å². The lowest BCUT2D eigenvalue weighted by molar-refractivity contribution is 0.467. The van der Waals surface area contributed by atoms with Gasteiger partial charge in [0.15, 0.2) is 0 Å². The van der Waals surface area contributed by atoms with Gasteiger partial charge in [-0.05, 0) is 87.1 Å². The zero-order valence-corrected chi connectivity index (χ0v) is 17.9. The lowest BCUT2D eigenvalue weighted by Gasteiger charge is -2.27. The lowest BCUT2D eigenvalue weighted by Crippen LogP contribution is -2.38. The summed E-state index contributed by atoms with van der Waals surface area (Å²) in [5, 5.41) is 8.72. The van der Waals surface area contributed by atoms with Crippen LogP contribution in [0, 0.1) is 13.8 Å². The first-order chi connectivity index (χ1) is 14.6. The van der Waals surface area contributed by atoms with Crippen molar-refractivity contribution in [2.24, 2.45) is 0 Å². The zero-order chi connectivity index (χ0) is 20.7. The van der Waals surface area contributed by atoms with Crippen LogP contribution >= 0.6 is 0 Å². The molecule has 2 heterocycles. The summed E-state index contributed by atoms with van der Waals surface area (Å²) >= 11 is 0. The van der Waals surface area contributed by atoms with Crippen LogP contribution in [-0.2, 0) is 25.7 Å². The average Bonchev–Trinajstić information content (AvgIpc) is 2.73. The standard InChI is InChI=1S/C25H30N4O/c1-15-11-16(2)24-22(12-15)28-21-6-4-3-5-19(21)25(24)27-14-26-18-8-9-20-17(13-18)7-10-23(30)29-20/h7,10-12,18,26H,3-6,8-9,13-14H2,1-2H3,(H,27,28)(H,29,30). The summed E-state index contributed by atoms with van der Waals surface area (Å²) in [6, 6.07) is 8.52. The molecule has 0 fully saturated rings. The number of nitrogens with zero attached hydrogens (tertiary/aromatic N) is 1. The third-order valence-corrected chi connectivity index (χ3v) is 6.67. The number of aromatic nitrogens is 2. The molecule has 5 rings (SSSR count). The highest BCUT2D eigenvalue weighted by Crippen LogP contribution is 2.35. The van der Waals surface area contributed by atoms with E-state index in [0.717, 1.165) is 50.0 Å². The normalized spacial score (nSPS) is 18.1. The van der Waals surface area contributed by atoms with E-state index in [2.05, 4.69) is 41.6 Å². The molecule has 1 aromatic carbocycles. The largest absolute Gasteiger partial charge is 0.372 e. The molecule has 30 heavy (non-hydrogen) atoms. The predicted molar refractivity (Wildman–Crippen MR) is 122 cm³/mol. The summed E-state index contributed by atoms with van der Waals surface area (Å²) in [7, 11) is 0. The number of pyridine rings is 2. The second-order valence-corrected chi connectivity index (χ2v) is 8.92. The quantitative estimate of drug-likeness (QED) is 0.578. The highest BCUT2D eigenvalue weighted by molar-refractivity contribution is 5.96. The van der Waals surface area contributed by atoms with E-state index < -0.39 is 0 Å². The summed E-state index contributed by atoms with van der Waals surface area (Å²) in [5.41, 5.74) is 10.0. The van der Waals surface area contributed by atoms with Crippen molar-refractivity contribution in [3.63, 3.8) is 0 Å². The van der Waals surface area contributed by atoms with E-state index in [1.807, 2.05) is 6.07 Å². The van der Waals surface area contributed by atoms with Gasteiger partial charge in [0.25, 0.3) is 0 Å². The number of H-pyrrole nitrogens is 1. The second-order valence-electron chi connectivity index (χ2n) is 8.92. The first kappa shape index (κ1) is 19.3. The van der Waals surface area contributed by atoms with Crippen molar-refractivity contribution in [3.8, 4) is 0 Å². The van der Waals surface area contributed by atoms with Crippen LogP contribution in [0.1, 0.15) is 52.9 Å². The number of aryl methyl sites for hydroxylation is 4. The summed E-state index contributed by atoms with van der Waals surface area (Å²) in [6.45, 7) is 5.09. The smallest absolute Gasteiger partial charge is 0.248 e. The molecule has 3 N–H and O–H groups in total. The van der Waals surface area contributed by atoms with Crippen molar-refractivity contribution < 1.29 is 0 Å². The van der Waals surface area contributed by atoms with Crippen molar-refractivity contribution in [1.82, 2.24) is 15.3 Å². The van der Waals surface area contributed by atoms with E-state index in [1.165, 1.54) is 51.9 Å². The molecule has 5 heteroatoms. The fourth-order valence-electron chi connectivity index (χ4n) is 5.24. The molecule has 0 aliphatic heterocycles. The lowest BCUT2D eigenvalue weighted by atomic mass is 9.91. The van der Waals surface area contributed by atoms with Crippen LogP contribution in [0.5, 0.6) is 0 Å². The van der Waals surface area contributed by atoms with Crippen LogP contribution in [0.15, 0.2) is 29.1 Å². The molecule has 0 saturated carbocycles. The molecule has 3 aromatic rings. The minimum absolute atomic E-state index is 0.00164. The van der Waals surface area contributed by atoms with E-state index in [9.17, 15) is 4.79 Å². The van der Waals surface area contributed by atoms with Gasteiger partial charge < -0.3 is 10.3 Å². The Labute approximate surface area is 177 Å². The molecule has 1 atom stereocenters. The van der Waals surface area contributed by atoms with Crippen LogP contribution in [0.3, 0.4) is 0 Å². The van der Waals surface area contributed by atoms with Crippen LogP contribution in [-0.4, -0.2) is 22.7 Å². The molecular formula is C25H30N4O. The minimum Gasteiger partial charge on any atom is -0.372 e. The summed E-state index contributed by atoms with van der Waals surface area (Å²) < 4.78 is 0. The molecular weight excluding hydrogens is 372 g/mol. The van der Waals surface area contributed by atoms with Gasteiger partial charge in [-0.15, -0.1) is 0 Å². The van der Waals surface area contributed by atoms with E-state index in [-0.39, 0.29) is 5.56 Å². The maximum atomic E-state index is 11.5. The molecule has 2 aromatic heterocycles. The Kier molecular flexibility index (Phi) is 5.07. The summed E-state index contributed by atoms with van der Waals surface area (Å²) in [4.78, 5) is 19.6. The molecule has 1 unspecified atom stereocenters. The molecule has 0 bridgehead atoms. The van der Waals surface area contributed by atoms with Crippen LogP contribution in [0.4, 0.5) is 5.69 Å². The molecule has 0 saturated heterocycles. The molecule has 0 radical (unpaired) electrons. The van der Waals surface area contributed by atoms with Gasteiger partial charge in [0.1, 0.15) is 0 Å². The van der Waals surface area contributed by atoms with Gasteiger partial charge >= 0.3 is 0 Å². The van der Waals surface area contributed by atoms with Crippen molar-refractivity contribution in [2.75, 3.05) is 12.0 Å². The average molecular weight is 403 g/mol. The number of benzene rings is 1. The number of anilines is 1. The number of nitrogens with one attached hydrogen (secondary N) is 3. The van der Waals surface area contributed by atoms with E-state index in [0.29, 0.717) is 6.04 Å². The Bertz CT molecular complexity index is 1160. The fraction of sp³-hybridized carbons (Fsp3) is 0.440. The first-order valence-electron chi connectivity index (χ1n) is 11.2. The second kappa shape index (κ2) is 7.88. The topological polar surface area (TPSA) is 69.8 Å². The van der Waals surface area contributed by atoms with Crippen molar-refractivity contribution >= 4 is 16.6 Å². The first-order valence-corrected chi connectivity index (χ1v) is 11.2. The van der Waals surface area contributed by atoms with Gasteiger partial charge in [-0.2, -0.15) is 0 Å². The third kappa shape index (κ3) is 3.63. The van der Waals surface area contributed by atoms with Crippen molar-refractivity contribution in [3.05, 3.63) is 68.3 Å². The number of hydrogen-bond acceptors (Lipinski definition) is 4. The maximum Gasteiger partial charge on any atom is 0.248 e. The van der Waals surface area contributed by atoms with Gasteiger partial charge in [-0.25, -0.2) is 0 Å². The molecule has 2 aliphatic carbocycles. The fourth-order valence-corrected chi connectivity index (χ4v) is 5.24. The summed E-state index contributed by atoms with van der Waals surface area (Å²) in [6.07, 6.45) is 7.59. The Balaban J connectivity index is 1.38. The molecule has 156 valence electrons. The van der Waals surface area contributed by atoms with Gasteiger partial charge in [0.05, 0.1) is 12.2 Å².